The van der Waals surface area contributed by atoms with Crippen LogP contribution in [0.5, 0.6) is 5.75 Å². The molecule has 0 radical (unpaired) electrons. The minimum Gasteiger partial charge on any atom is -0.496 e. The summed E-state index contributed by atoms with van der Waals surface area (Å²) in [5, 5.41) is 9.63. The lowest BCUT2D eigenvalue weighted by Gasteiger charge is -2.16. The maximum atomic E-state index is 9.63. The second kappa shape index (κ2) is 7.11. The number of aliphatic hydroxyl groups excluding tert-OH is 1. The molecule has 2 aromatic rings. The van der Waals surface area contributed by atoms with E-state index in [-0.39, 0.29) is 12.5 Å². The molecule has 0 aliphatic heterocycles. The van der Waals surface area contributed by atoms with Crippen LogP contribution in [0.2, 0.25) is 0 Å². The van der Waals surface area contributed by atoms with Gasteiger partial charge in [-0.05, 0) is 42.9 Å². The number of methoxy groups -OCH3 is 1. The fraction of sp³-hybridized carbons (Fsp3) is 0.333. The normalized spacial score (nSPS) is 12.2. The molecule has 0 aromatic heterocycles. The van der Waals surface area contributed by atoms with Crippen LogP contribution in [-0.4, -0.2) is 18.8 Å². The van der Waals surface area contributed by atoms with Crippen molar-refractivity contribution >= 4 is 0 Å². The van der Waals surface area contributed by atoms with E-state index in [0.717, 1.165) is 24.2 Å². The van der Waals surface area contributed by atoms with E-state index in [9.17, 15) is 5.11 Å². The highest BCUT2D eigenvalue weighted by Gasteiger charge is 2.12. The Morgan fingerprint density at radius 2 is 1.70 bits per heavy atom. The Hall–Kier alpha value is -1.80. The summed E-state index contributed by atoms with van der Waals surface area (Å²) in [5.74, 6) is 1.11. The molecule has 1 unspecified atom stereocenters. The van der Waals surface area contributed by atoms with Gasteiger partial charge in [-0.2, -0.15) is 0 Å². The minimum atomic E-state index is 0.186. The molecule has 0 aliphatic rings. The standard InChI is InChI=1S/C18H22O2/c1-14-7-9-15(10-8-14)11-16(13-19)12-17-5-3-4-6-18(17)20-2/h3-10,16,19H,11-13H2,1-2H3. The van der Waals surface area contributed by atoms with Crippen molar-refractivity contribution in [2.24, 2.45) is 5.92 Å². The first-order valence-corrected chi connectivity index (χ1v) is 7.01. The van der Waals surface area contributed by atoms with Gasteiger partial charge < -0.3 is 9.84 Å². The summed E-state index contributed by atoms with van der Waals surface area (Å²) in [6, 6.07) is 16.5. The Morgan fingerprint density at radius 1 is 1.00 bits per heavy atom. The molecule has 2 rings (SSSR count). The predicted octanol–water partition coefficient (Wildman–Crippen LogP) is 3.40. The Morgan fingerprint density at radius 3 is 2.35 bits per heavy atom. The maximum absolute atomic E-state index is 9.63. The summed E-state index contributed by atoms with van der Waals surface area (Å²) in [4.78, 5) is 0. The largest absolute Gasteiger partial charge is 0.496 e. The molecule has 0 aliphatic carbocycles. The van der Waals surface area contributed by atoms with E-state index < -0.39 is 0 Å². The number of rotatable bonds is 6. The molecule has 0 spiro atoms. The van der Waals surface area contributed by atoms with Gasteiger partial charge in [0.2, 0.25) is 0 Å². The van der Waals surface area contributed by atoms with E-state index in [1.807, 2.05) is 18.2 Å². The lowest BCUT2D eigenvalue weighted by atomic mass is 9.92. The van der Waals surface area contributed by atoms with Gasteiger partial charge in [0.1, 0.15) is 5.75 Å². The summed E-state index contributed by atoms with van der Waals surface area (Å²) in [6.07, 6.45) is 1.71. The Labute approximate surface area is 121 Å². The van der Waals surface area contributed by atoms with E-state index in [1.54, 1.807) is 7.11 Å². The highest BCUT2D eigenvalue weighted by Crippen LogP contribution is 2.22. The fourth-order valence-electron chi connectivity index (χ4n) is 2.44. The van der Waals surface area contributed by atoms with Crippen LogP contribution in [0.15, 0.2) is 48.5 Å². The first-order chi connectivity index (χ1) is 9.72. The third-order valence-corrected chi connectivity index (χ3v) is 3.60. The molecular formula is C18H22O2. The number of aryl methyl sites for hydroxylation is 1. The topological polar surface area (TPSA) is 29.5 Å². The van der Waals surface area contributed by atoms with Crippen molar-refractivity contribution in [2.45, 2.75) is 19.8 Å². The van der Waals surface area contributed by atoms with Crippen molar-refractivity contribution < 1.29 is 9.84 Å². The monoisotopic (exact) mass is 270 g/mol. The average Bonchev–Trinajstić information content (AvgIpc) is 2.49. The number of para-hydroxylation sites is 1. The van der Waals surface area contributed by atoms with Gasteiger partial charge in [-0.15, -0.1) is 0 Å². The molecule has 0 amide bonds. The highest BCUT2D eigenvalue weighted by atomic mass is 16.5. The van der Waals surface area contributed by atoms with Gasteiger partial charge >= 0.3 is 0 Å². The predicted molar refractivity (Wildman–Crippen MR) is 82.2 cm³/mol. The Bertz CT molecular complexity index is 531. The van der Waals surface area contributed by atoms with Crippen LogP contribution in [0.3, 0.4) is 0 Å². The van der Waals surface area contributed by atoms with E-state index in [0.29, 0.717) is 0 Å². The van der Waals surface area contributed by atoms with Crippen LogP contribution in [0.25, 0.3) is 0 Å². The number of ether oxygens (including phenoxy) is 1. The zero-order chi connectivity index (χ0) is 14.4. The number of hydrogen-bond donors (Lipinski definition) is 1. The molecule has 0 heterocycles. The molecule has 0 bridgehead atoms. The molecule has 2 nitrogen and oxygen atoms in total. The quantitative estimate of drug-likeness (QED) is 0.871. The van der Waals surface area contributed by atoms with Gasteiger partial charge in [0.15, 0.2) is 0 Å². The molecule has 2 aromatic carbocycles. The molecule has 0 saturated heterocycles. The van der Waals surface area contributed by atoms with E-state index in [1.165, 1.54) is 11.1 Å². The first-order valence-electron chi connectivity index (χ1n) is 7.01. The number of aliphatic hydroxyl groups is 1. The SMILES string of the molecule is COc1ccccc1CC(CO)Cc1ccc(C)cc1. The molecular weight excluding hydrogens is 248 g/mol. The van der Waals surface area contributed by atoms with Gasteiger partial charge in [-0.3, -0.25) is 0 Å². The van der Waals surface area contributed by atoms with Gasteiger partial charge in [-0.25, -0.2) is 0 Å². The molecule has 1 atom stereocenters. The van der Waals surface area contributed by atoms with Crippen molar-refractivity contribution in [1.82, 2.24) is 0 Å². The summed E-state index contributed by atoms with van der Waals surface area (Å²) in [7, 11) is 1.69. The van der Waals surface area contributed by atoms with E-state index >= 15 is 0 Å². The van der Waals surface area contributed by atoms with Crippen LogP contribution in [-0.2, 0) is 12.8 Å². The second-order valence-electron chi connectivity index (χ2n) is 5.25. The lowest BCUT2D eigenvalue weighted by Crippen LogP contribution is -2.13. The van der Waals surface area contributed by atoms with Crippen LogP contribution < -0.4 is 4.74 Å². The van der Waals surface area contributed by atoms with Gasteiger partial charge in [0, 0.05) is 6.61 Å². The lowest BCUT2D eigenvalue weighted by molar-refractivity contribution is 0.224. The zero-order valence-electron chi connectivity index (χ0n) is 12.2. The third kappa shape index (κ3) is 3.84. The summed E-state index contributed by atoms with van der Waals surface area (Å²) in [6.45, 7) is 2.27. The summed E-state index contributed by atoms with van der Waals surface area (Å²) in [5.41, 5.74) is 3.68. The Kier molecular flexibility index (Phi) is 5.19. The smallest absolute Gasteiger partial charge is 0.122 e. The van der Waals surface area contributed by atoms with Gasteiger partial charge in [0.05, 0.1) is 7.11 Å². The first kappa shape index (κ1) is 14.6. The van der Waals surface area contributed by atoms with Gasteiger partial charge in [-0.1, -0.05) is 48.0 Å². The molecule has 0 saturated carbocycles. The van der Waals surface area contributed by atoms with Crippen LogP contribution in [0.1, 0.15) is 16.7 Å². The van der Waals surface area contributed by atoms with Crippen molar-refractivity contribution in [3.63, 3.8) is 0 Å². The summed E-state index contributed by atoms with van der Waals surface area (Å²) >= 11 is 0. The van der Waals surface area contributed by atoms with Crippen LogP contribution in [0.4, 0.5) is 0 Å². The zero-order valence-corrected chi connectivity index (χ0v) is 12.2. The molecule has 2 heteroatoms. The fourth-order valence-corrected chi connectivity index (χ4v) is 2.44. The van der Waals surface area contributed by atoms with Crippen molar-refractivity contribution in [1.29, 1.82) is 0 Å². The summed E-state index contributed by atoms with van der Waals surface area (Å²) < 4.78 is 5.38. The highest BCUT2D eigenvalue weighted by molar-refractivity contribution is 5.33. The average molecular weight is 270 g/mol. The maximum Gasteiger partial charge on any atom is 0.122 e. The van der Waals surface area contributed by atoms with E-state index in [2.05, 4.69) is 37.3 Å². The van der Waals surface area contributed by atoms with Crippen molar-refractivity contribution in [3.05, 3.63) is 65.2 Å². The van der Waals surface area contributed by atoms with Crippen LogP contribution in [0, 0.1) is 12.8 Å². The van der Waals surface area contributed by atoms with Crippen LogP contribution >= 0.6 is 0 Å². The Balaban J connectivity index is 2.07. The van der Waals surface area contributed by atoms with Crippen molar-refractivity contribution in [2.75, 3.05) is 13.7 Å². The van der Waals surface area contributed by atoms with E-state index in [4.69, 9.17) is 4.74 Å². The van der Waals surface area contributed by atoms with Gasteiger partial charge in [0.25, 0.3) is 0 Å². The van der Waals surface area contributed by atoms with Crippen molar-refractivity contribution in [3.8, 4) is 5.75 Å². The number of hydrogen-bond acceptors (Lipinski definition) is 2. The third-order valence-electron chi connectivity index (χ3n) is 3.60. The minimum absolute atomic E-state index is 0.186. The number of benzene rings is 2. The second-order valence-corrected chi connectivity index (χ2v) is 5.25. The molecule has 106 valence electrons. The molecule has 1 N–H and O–H groups in total. The molecule has 20 heavy (non-hydrogen) atoms. The molecule has 0 fully saturated rings.